The molecule has 1 heterocycles. The van der Waals surface area contributed by atoms with Crippen LogP contribution in [0, 0.1) is 5.82 Å². The maximum absolute atomic E-state index is 13.3. The summed E-state index contributed by atoms with van der Waals surface area (Å²) >= 11 is 0. The number of hydrogen-bond donors (Lipinski definition) is 1. The maximum Gasteiger partial charge on any atom is 0.252 e. The van der Waals surface area contributed by atoms with Gasteiger partial charge in [-0.2, -0.15) is 0 Å². The molecule has 0 saturated carbocycles. The molecule has 0 saturated heterocycles. The summed E-state index contributed by atoms with van der Waals surface area (Å²) in [5.41, 5.74) is 0.610. The average molecular weight is 400 g/mol. The number of halogens is 1. The lowest BCUT2D eigenvalue weighted by Gasteiger charge is -2.12. The second-order valence-electron chi connectivity index (χ2n) is 5.98. The van der Waals surface area contributed by atoms with Crippen LogP contribution in [-0.2, 0) is 16.4 Å². The molecule has 1 amide bonds. The molecule has 6 nitrogen and oxygen atoms in total. The van der Waals surface area contributed by atoms with E-state index in [1.807, 2.05) is 0 Å². The largest absolute Gasteiger partial charge is 0.439 e. The van der Waals surface area contributed by atoms with Gasteiger partial charge in [-0.3, -0.25) is 4.79 Å². The molecule has 0 radical (unpaired) electrons. The van der Waals surface area contributed by atoms with Crippen molar-refractivity contribution in [1.82, 2.24) is 10.3 Å². The van der Waals surface area contributed by atoms with Gasteiger partial charge in [-0.05, 0) is 30.3 Å². The molecule has 2 aromatic carbocycles. The van der Waals surface area contributed by atoms with Crippen LogP contribution in [0.15, 0.2) is 71.8 Å². The van der Waals surface area contributed by atoms with E-state index in [1.165, 1.54) is 36.5 Å². The summed E-state index contributed by atoms with van der Waals surface area (Å²) < 4.78 is 42.7. The van der Waals surface area contributed by atoms with E-state index in [9.17, 15) is 17.6 Å². The molecule has 0 bridgehead atoms. The summed E-state index contributed by atoms with van der Waals surface area (Å²) in [6.07, 6.45) is 2.56. The molecule has 0 aliphatic carbocycles. The van der Waals surface area contributed by atoms with Crippen LogP contribution >= 0.6 is 0 Å². The molecule has 0 aliphatic rings. The van der Waals surface area contributed by atoms with Gasteiger partial charge in [-0.25, -0.2) is 17.8 Å². The van der Waals surface area contributed by atoms with Gasteiger partial charge in [0.05, 0.1) is 10.5 Å². The predicted molar refractivity (Wildman–Crippen MR) is 101 cm³/mol. The van der Waals surface area contributed by atoms with Crippen molar-refractivity contribution >= 4 is 15.7 Å². The van der Waals surface area contributed by atoms with Crippen molar-refractivity contribution in [2.75, 3.05) is 6.26 Å². The van der Waals surface area contributed by atoms with Crippen LogP contribution in [-0.4, -0.2) is 25.6 Å². The molecule has 0 aliphatic heterocycles. The van der Waals surface area contributed by atoms with Crippen molar-refractivity contribution in [3.8, 4) is 11.6 Å². The minimum atomic E-state index is -3.55. The van der Waals surface area contributed by atoms with Crippen LogP contribution in [0.3, 0.4) is 0 Å². The fraction of sp³-hybridized carbons (Fsp3) is 0.100. The third-order valence-electron chi connectivity index (χ3n) is 3.83. The van der Waals surface area contributed by atoms with Gasteiger partial charge in [0.15, 0.2) is 9.84 Å². The molecule has 0 fully saturated rings. The molecular weight excluding hydrogens is 383 g/mol. The van der Waals surface area contributed by atoms with Crippen LogP contribution < -0.4 is 10.1 Å². The molecule has 8 heteroatoms. The first kappa shape index (κ1) is 19.5. The number of nitrogens with zero attached hydrogens (tertiary/aromatic N) is 1. The number of carbonyl (C=O) groups excluding carboxylic acids is 1. The molecule has 28 heavy (non-hydrogen) atoms. The topological polar surface area (TPSA) is 85.4 Å². The van der Waals surface area contributed by atoms with E-state index in [1.54, 1.807) is 30.3 Å². The standard InChI is InChI=1S/C20H17FN2O4S/c1-28(25,26)18-10-3-2-9-17(18)19(24)23-13-14-6-5-11-22-20(14)27-16-8-4-7-15(21)12-16/h2-12H,13H2,1H3,(H,23,24). The molecule has 0 spiro atoms. The Balaban J connectivity index is 1.78. The van der Waals surface area contributed by atoms with E-state index >= 15 is 0 Å². The normalized spacial score (nSPS) is 11.1. The molecule has 1 aromatic heterocycles. The first-order valence-electron chi connectivity index (χ1n) is 8.29. The number of ether oxygens (including phenoxy) is 1. The molecular formula is C20H17FN2O4S. The SMILES string of the molecule is CS(=O)(=O)c1ccccc1C(=O)NCc1cccnc1Oc1cccc(F)c1. The molecule has 3 aromatic rings. The number of amides is 1. The third kappa shape index (κ3) is 4.72. The summed E-state index contributed by atoms with van der Waals surface area (Å²) in [4.78, 5) is 16.6. The number of hydrogen-bond acceptors (Lipinski definition) is 5. The van der Waals surface area contributed by atoms with E-state index < -0.39 is 21.6 Å². The highest BCUT2D eigenvalue weighted by Gasteiger charge is 2.18. The Morgan fingerprint density at radius 2 is 1.89 bits per heavy atom. The maximum atomic E-state index is 13.3. The van der Waals surface area contributed by atoms with Crippen LogP contribution in [0.1, 0.15) is 15.9 Å². The number of rotatable bonds is 6. The monoisotopic (exact) mass is 400 g/mol. The van der Waals surface area contributed by atoms with Gasteiger partial charge < -0.3 is 10.1 Å². The number of aromatic nitrogens is 1. The predicted octanol–water partition coefficient (Wildman–Crippen LogP) is 3.35. The van der Waals surface area contributed by atoms with Gasteiger partial charge in [-0.1, -0.05) is 24.3 Å². The zero-order valence-corrected chi connectivity index (χ0v) is 15.7. The second-order valence-corrected chi connectivity index (χ2v) is 7.96. The lowest BCUT2D eigenvalue weighted by atomic mass is 10.2. The van der Waals surface area contributed by atoms with Crippen molar-refractivity contribution in [2.24, 2.45) is 0 Å². The zero-order valence-electron chi connectivity index (χ0n) is 14.9. The number of benzene rings is 2. The Hall–Kier alpha value is -3.26. The quantitative estimate of drug-likeness (QED) is 0.686. The summed E-state index contributed by atoms with van der Waals surface area (Å²) in [5.74, 6) is -0.499. The molecule has 1 N–H and O–H groups in total. The molecule has 0 atom stereocenters. The van der Waals surface area contributed by atoms with Crippen molar-refractivity contribution in [2.45, 2.75) is 11.4 Å². The summed E-state index contributed by atoms with van der Waals surface area (Å²) in [7, 11) is -3.55. The summed E-state index contributed by atoms with van der Waals surface area (Å²) in [5, 5.41) is 2.67. The fourth-order valence-electron chi connectivity index (χ4n) is 2.54. The number of carbonyl (C=O) groups is 1. The van der Waals surface area contributed by atoms with Crippen LogP contribution in [0.25, 0.3) is 0 Å². The highest BCUT2D eigenvalue weighted by atomic mass is 32.2. The van der Waals surface area contributed by atoms with E-state index in [0.29, 0.717) is 5.56 Å². The molecule has 3 rings (SSSR count). The zero-order chi connectivity index (χ0) is 20.1. The average Bonchev–Trinajstić information content (AvgIpc) is 2.66. The highest BCUT2D eigenvalue weighted by molar-refractivity contribution is 7.90. The lowest BCUT2D eigenvalue weighted by molar-refractivity contribution is 0.0947. The Morgan fingerprint density at radius 1 is 1.11 bits per heavy atom. The Kier molecular flexibility index (Phi) is 5.70. The Bertz CT molecular complexity index is 1120. The summed E-state index contributed by atoms with van der Waals surface area (Å²) in [6.45, 7) is 0.0510. The van der Waals surface area contributed by atoms with E-state index in [-0.39, 0.29) is 28.6 Å². The van der Waals surface area contributed by atoms with Gasteiger partial charge in [-0.15, -0.1) is 0 Å². The van der Waals surface area contributed by atoms with Gasteiger partial charge in [0.2, 0.25) is 5.88 Å². The van der Waals surface area contributed by atoms with Gasteiger partial charge in [0.25, 0.3) is 5.91 Å². The van der Waals surface area contributed by atoms with E-state index in [2.05, 4.69) is 10.3 Å². The smallest absolute Gasteiger partial charge is 0.252 e. The van der Waals surface area contributed by atoms with Gasteiger partial charge in [0, 0.05) is 30.6 Å². The van der Waals surface area contributed by atoms with E-state index in [0.717, 1.165) is 6.26 Å². The minimum absolute atomic E-state index is 0.0464. The summed E-state index contributed by atoms with van der Waals surface area (Å²) in [6, 6.07) is 15.0. The number of nitrogens with one attached hydrogen (secondary N) is 1. The Labute approximate surface area is 161 Å². The molecule has 144 valence electrons. The third-order valence-corrected chi connectivity index (χ3v) is 4.99. The first-order valence-corrected chi connectivity index (χ1v) is 10.2. The first-order chi connectivity index (χ1) is 13.3. The number of sulfone groups is 1. The van der Waals surface area contributed by atoms with Crippen molar-refractivity contribution in [1.29, 1.82) is 0 Å². The number of pyridine rings is 1. The van der Waals surface area contributed by atoms with Gasteiger partial charge in [0.1, 0.15) is 11.6 Å². The Morgan fingerprint density at radius 3 is 2.64 bits per heavy atom. The second kappa shape index (κ2) is 8.18. The van der Waals surface area contributed by atoms with Crippen LogP contribution in [0.4, 0.5) is 4.39 Å². The highest BCUT2D eigenvalue weighted by Crippen LogP contribution is 2.23. The minimum Gasteiger partial charge on any atom is -0.439 e. The van der Waals surface area contributed by atoms with Crippen molar-refractivity contribution in [3.63, 3.8) is 0 Å². The van der Waals surface area contributed by atoms with E-state index in [4.69, 9.17) is 4.74 Å². The molecule has 0 unspecified atom stereocenters. The fourth-order valence-corrected chi connectivity index (χ4v) is 3.43. The van der Waals surface area contributed by atoms with Crippen molar-refractivity contribution < 1.29 is 22.3 Å². The lowest BCUT2D eigenvalue weighted by Crippen LogP contribution is -2.25. The van der Waals surface area contributed by atoms with Crippen LogP contribution in [0.5, 0.6) is 11.6 Å². The van der Waals surface area contributed by atoms with Crippen LogP contribution in [0.2, 0.25) is 0 Å². The van der Waals surface area contributed by atoms with Gasteiger partial charge >= 0.3 is 0 Å². The van der Waals surface area contributed by atoms with Crippen molar-refractivity contribution in [3.05, 3.63) is 83.8 Å².